The first-order chi connectivity index (χ1) is 6.63. The van der Waals surface area contributed by atoms with Gasteiger partial charge in [-0.05, 0) is 12.2 Å². The molecule has 0 fully saturated rings. The van der Waals surface area contributed by atoms with E-state index in [1.54, 1.807) is 0 Å². The third kappa shape index (κ3) is 2.77. The van der Waals surface area contributed by atoms with Crippen LogP contribution in [-0.4, -0.2) is 28.3 Å². The first-order valence-corrected chi connectivity index (χ1v) is 4.29. The van der Waals surface area contributed by atoms with Crippen LogP contribution in [0, 0.1) is 4.77 Å². The summed E-state index contributed by atoms with van der Waals surface area (Å²) in [6.45, 7) is 0. The average molecular weight is 215 g/mol. The van der Waals surface area contributed by atoms with Gasteiger partial charge in [0.05, 0.1) is 13.5 Å². The van der Waals surface area contributed by atoms with Crippen LogP contribution in [0.4, 0.5) is 0 Å². The Kier molecular flexibility index (Phi) is 3.52. The number of methoxy groups -OCH3 is 1. The lowest BCUT2D eigenvalue weighted by atomic mass is 10.2. The zero-order valence-corrected chi connectivity index (χ0v) is 8.31. The second-order valence-electron chi connectivity index (χ2n) is 2.53. The summed E-state index contributed by atoms with van der Waals surface area (Å²) in [6, 6.07) is 0. The molecule has 0 aliphatic heterocycles. The highest BCUT2D eigenvalue weighted by atomic mass is 32.1. The number of hydrogen-bond donors (Lipinski definition) is 2. The number of carbonyl (C=O) groups excluding carboxylic acids is 1. The minimum Gasteiger partial charge on any atom is -0.469 e. The molecule has 6 nitrogen and oxygen atoms in total. The zero-order chi connectivity index (χ0) is 10.6. The number of aromatic amines is 2. The van der Waals surface area contributed by atoms with Gasteiger partial charge in [-0.2, -0.15) is 5.10 Å². The van der Waals surface area contributed by atoms with Crippen molar-refractivity contribution in [2.75, 3.05) is 7.11 Å². The fourth-order valence-corrected chi connectivity index (χ4v) is 1.00. The van der Waals surface area contributed by atoms with E-state index in [9.17, 15) is 9.59 Å². The van der Waals surface area contributed by atoms with Crippen LogP contribution in [0.1, 0.15) is 12.1 Å². The topological polar surface area (TPSA) is 87.8 Å². The summed E-state index contributed by atoms with van der Waals surface area (Å²) in [5.74, 6) is -0.381. The van der Waals surface area contributed by atoms with Gasteiger partial charge in [-0.3, -0.25) is 19.7 Å². The van der Waals surface area contributed by atoms with Crippen molar-refractivity contribution in [2.45, 2.75) is 12.8 Å². The predicted octanol–water partition coefficient (Wildman–Crippen LogP) is -0.0669. The molecule has 7 heteroatoms. The molecule has 0 aromatic carbocycles. The quantitative estimate of drug-likeness (QED) is 0.544. The van der Waals surface area contributed by atoms with Crippen LogP contribution in [0.5, 0.6) is 0 Å². The summed E-state index contributed by atoms with van der Waals surface area (Å²) in [4.78, 5) is 24.3. The average Bonchev–Trinajstić information content (AvgIpc) is 2.16. The Hall–Kier alpha value is -1.50. The molecular weight excluding hydrogens is 206 g/mol. The van der Waals surface area contributed by atoms with E-state index in [1.807, 2.05) is 0 Å². The number of ether oxygens (including phenoxy) is 1. The van der Waals surface area contributed by atoms with Gasteiger partial charge < -0.3 is 4.74 Å². The lowest BCUT2D eigenvalue weighted by Gasteiger charge is -1.97. The zero-order valence-electron chi connectivity index (χ0n) is 7.49. The molecule has 1 rings (SSSR count). The number of hydrogen-bond acceptors (Lipinski definition) is 5. The van der Waals surface area contributed by atoms with E-state index >= 15 is 0 Å². The first-order valence-electron chi connectivity index (χ1n) is 3.88. The van der Waals surface area contributed by atoms with Gasteiger partial charge in [0.25, 0.3) is 5.56 Å². The molecule has 0 radical (unpaired) electrons. The molecule has 14 heavy (non-hydrogen) atoms. The number of carbonyl (C=O) groups is 1. The van der Waals surface area contributed by atoms with E-state index in [1.165, 1.54) is 7.11 Å². The Balaban J connectivity index is 2.73. The summed E-state index contributed by atoms with van der Waals surface area (Å²) in [7, 11) is 1.29. The van der Waals surface area contributed by atoms with Gasteiger partial charge in [0.15, 0.2) is 4.77 Å². The van der Waals surface area contributed by atoms with E-state index < -0.39 is 0 Å². The summed E-state index contributed by atoms with van der Waals surface area (Å²) in [5.41, 5.74) is -0.137. The maximum absolute atomic E-state index is 11.2. The van der Waals surface area contributed by atoms with Crippen LogP contribution in [0.15, 0.2) is 4.79 Å². The predicted molar refractivity (Wildman–Crippen MR) is 50.4 cm³/mol. The number of aryl methyl sites for hydroxylation is 1. The van der Waals surface area contributed by atoms with E-state index in [0.29, 0.717) is 0 Å². The lowest BCUT2D eigenvalue weighted by Crippen LogP contribution is -2.18. The molecule has 1 aromatic rings. The first kappa shape index (κ1) is 10.6. The van der Waals surface area contributed by atoms with Crippen LogP contribution in [0.25, 0.3) is 0 Å². The molecule has 76 valence electrons. The molecule has 0 saturated carbocycles. The highest BCUT2D eigenvalue weighted by Crippen LogP contribution is 1.92. The van der Waals surface area contributed by atoms with Crippen LogP contribution in [-0.2, 0) is 16.0 Å². The maximum atomic E-state index is 11.2. The Bertz CT molecular complexity index is 436. The molecule has 0 amide bonds. The molecule has 0 saturated heterocycles. The highest BCUT2D eigenvalue weighted by molar-refractivity contribution is 7.71. The summed E-state index contributed by atoms with van der Waals surface area (Å²) < 4.78 is 4.59. The summed E-state index contributed by atoms with van der Waals surface area (Å²) >= 11 is 4.65. The van der Waals surface area contributed by atoms with Crippen molar-refractivity contribution in [3.8, 4) is 0 Å². The van der Waals surface area contributed by atoms with Gasteiger partial charge in [-0.15, -0.1) is 0 Å². The normalized spacial score (nSPS) is 9.79. The summed E-state index contributed by atoms with van der Waals surface area (Å²) in [6.07, 6.45) is 0.352. The fourth-order valence-electron chi connectivity index (χ4n) is 0.864. The minimum atomic E-state index is -0.381. The Labute approximate surface area is 84.3 Å². The standard InChI is InChI=1S/C7H9N3O3S/c1-13-5(11)3-2-4-6(12)8-7(14)10-9-4/h2-3H2,1H3,(H2,8,10,12,14). The van der Waals surface area contributed by atoms with E-state index in [-0.39, 0.29) is 34.8 Å². The Morgan fingerprint density at radius 2 is 2.36 bits per heavy atom. The van der Waals surface area contributed by atoms with E-state index in [4.69, 9.17) is 0 Å². The van der Waals surface area contributed by atoms with Crippen molar-refractivity contribution in [1.82, 2.24) is 15.2 Å². The molecule has 2 N–H and O–H groups in total. The van der Waals surface area contributed by atoms with Crippen LogP contribution in [0.2, 0.25) is 0 Å². The Morgan fingerprint density at radius 3 is 2.93 bits per heavy atom. The number of rotatable bonds is 3. The van der Waals surface area contributed by atoms with Gasteiger partial charge in [0.1, 0.15) is 5.69 Å². The highest BCUT2D eigenvalue weighted by Gasteiger charge is 2.05. The number of H-pyrrole nitrogens is 2. The fraction of sp³-hybridized carbons (Fsp3) is 0.429. The number of nitrogens with one attached hydrogen (secondary N) is 2. The lowest BCUT2D eigenvalue weighted by molar-refractivity contribution is -0.140. The van der Waals surface area contributed by atoms with Crippen molar-refractivity contribution < 1.29 is 9.53 Å². The smallest absolute Gasteiger partial charge is 0.305 e. The molecule has 0 aliphatic carbocycles. The van der Waals surface area contributed by atoms with E-state index in [0.717, 1.165) is 0 Å². The molecule has 1 aromatic heterocycles. The number of aromatic nitrogens is 3. The number of esters is 1. The van der Waals surface area contributed by atoms with Crippen molar-refractivity contribution in [3.63, 3.8) is 0 Å². The van der Waals surface area contributed by atoms with Gasteiger partial charge in [-0.25, -0.2) is 0 Å². The molecule has 0 atom stereocenters. The number of nitrogens with zero attached hydrogens (tertiary/aromatic N) is 1. The third-order valence-electron chi connectivity index (χ3n) is 1.58. The maximum Gasteiger partial charge on any atom is 0.305 e. The molecule has 0 unspecified atom stereocenters. The van der Waals surface area contributed by atoms with Gasteiger partial charge >= 0.3 is 5.97 Å². The van der Waals surface area contributed by atoms with Gasteiger partial charge in [-0.1, -0.05) is 0 Å². The Morgan fingerprint density at radius 1 is 1.64 bits per heavy atom. The van der Waals surface area contributed by atoms with Crippen molar-refractivity contribution >= 4 is 18.2 Å². The monoisotopic (exact) mass is 215 g/mol. The van der Waals surface area contributed by atoms with Crippen LogP contribution in [0.3, 0.4) is 0 Å². The second-order valence-corrected chi connectivity index (χ2v) is 2.94. The van der Waals surface area contributed by atoms with Crippen molar-refractivity contribution in [3.05, 3.63) is 20.8 Å². The van der Waals surface area contributed by atoms with Crippen LogP contribution >= 0.6 is 12.2 Å². The third-order valence-corrected chi connectivity index (χ3v) is 1.77. The van der Waals surface area contributed by atoms with E-state index in [2.05, 4.69) is 32.1 Å². The SMILES string of the molecule is COC(=O)CCc1n[nH]c(=S)[nH]c1=O. The second kappa shape index (κ2) is 4.66. The van der Waals surface area contributed by atoms with Gasteiger partial charge in [0.2, 0.25) is 0 Å². The molecule has 0 aliphatic rings. The van der Waals surface area contributed by atoms with Crippen LogP contribution < -0.4 is 5.56 Å². The van der Waals surface area contributed by atoms with Gasteiger partial charge in [0, 0.05) is 6.42 Å². The molecule has 0 bridgehead atoms. The molecule has 0 spiro atoms. The minimum absolute atomic E-state index is 0.122. The largest absolute Gasteiger partial charge is 0.469 e. The van der Waals surface area contributed by atoms with Crippen molar-refractivity contribution in [2.24, 2.45) is 0 Å². The molecule has 1 heterocycles. The molecular formula is C7H9N3O3S. The summed E-state index contributed by atoms with van der Waals surface area (Å²) in [5, 5.41) is 6.14. The van der Waals surface area contributed by atoms with Crippen molar-refractivity contribution in [1.29, 1.82) is 0 Å².